The second kappa shape index (κ2) is 13.8. The molecule has 2 amide bonds. The van der Waals surface area contributed by atoms with Crippen LogP contribution in [0.5, 0.6) is 5.75 Å². The van der Waals surface area contributed by atoms with Crippen molar-refractivity contribution in [2.24, 2.45) is 5.92 Å². The molecule has 0 heterocycles. The molecule has 202 valence electrons. The van der Waals surface area contributed by atoms with E-state index in [9.17, 15) is 22.8 Å². The van der Waals surface area contributed by atoms with Gasteiger partial charge in [0.15, 0.2) is 0 Å². The molecule has 2 N–H and O–H groups in total. The fourth-order valence-corrected chi connectivity index (χ4v) is 4.40. The Bertz CT molecular complexity index is 981. The molecule has 7 nitrogen and oxygen atoms in total. The fraction of sp³-hybridized carbons (Fsp3) is 0.481. The van der Waals surface area contributed by atoms with Crippen LogP contribution in [0.1, 0.15) is 44.1 Å². The van der Waals surface area contributed by atoms with Gasteiger partial charge in [-0.15, -0.1) is 13.2 Å². The number of likely N-dealkylation sites (N-methyl/N-ethyl adjacent to an activating group) is 1. The summed E-state index contributed by atoms with van der Waals surface area (Å²) in [6.07, 6.45) is 0.675. The molecule has 0 aromatic heterocycles. The summed E-state index contributed by atoms with van der Waals surface area (Å²) in [6, 6.07) is 14.0. The molecule has 0 aliphatic heterocycles. The number of amides is 2. The van der Waals surface area contributed by atoms with E-state index in [4.69, 9.17) is 4.74 Å². The Balaban J connectivity index is 1.51. The molecule has 2 aromatic rings. The highest BCUT2D eigenvalue weighted by Gasteiger charge is 2.31. The molecule has 1 saturated carbocycles. The first-order chi connectivity index (χ1) is 17.7. The number of nitrogens with one attached hydrogen (secondary N) is 2. The van der Waals surface area contributed by atoms with Gasteiger partial charge in [-0.1, -0.05) is 62.4 Å². The summed E-state index contributed by atoms with van der Waals surface area (Å²) in [5, 5.41) is 5.85. The Hall–Kier alpha value is -3.43. The number of nitrogens with zero attached hydrogens (tertiary/aromatic N) is 1. The van der Waals surface area contributed by atoms with Crippen LogP contribution in [0.25, 0.3) is 0 Å². The smallest absolute Gasteiger partial charge is 0.445 e. The molecule has 10 heteroatoms. The summed E-state index contributed by atoms with van der Waals surface area (Å²) >= 11 is 0. The number of hydrogen-bond donors (Lipinski definition) is 2. The average Bonchev–Trinajstić information content (AvgIpc) is 2.88. The topological polar surface area (TPSA) is 79.9 Å². The maximum atomic E-state index is 13.3. The van der Waals surface area contributed by atoms with Crippen LogP contribution in [0.4, 0.5) is 23.7 Å². The number of alkyl carbamates (subject to hydrolysis) is 1. The van der Waals surface area contributed by atoms with Crippen molar-refractivity contribution in [1.82, 2.24) is 10.2 Å². The molecule has 0 radical (unpaired) electrons. The largest absolute Gasteiger partial charge is 0.573 e. The van der Waals surface area contributed by atoms with E-state index in [0.717, 1.165) is 31.2 Å². The van der Waals surface area contributed by atoms with Gasteiger partial charge in [-0.2, -0.15) is 0 Å². The quantitative estimate of drug-likeness (QED) is 0.395. The molecule has 1 aliphatic carbocycles. The second-order valence-corrected chi connectivity index (χ2v) is 9.26. The van der Waals surface area contributed by atoms with Gasteiger partial charge in [0.05, 0.1) is 0 Å². The fourth-order valence-electron chi connectivity index (χ4n) is 4.40. The number of benzene rings is 2. The highest BCUT2D eigenvalue weighted by molar-refractivity contribution is 5.85. The summed E-state index contributed by atoms with van der Waals surface area (Å²) in [7, 11) is 1.66. The summed E-state index contributed by atoms with van der Waals surface area (Å²) in [5.41, 5.74) is 1.45. The number of hydrogen-bond acceptors (Lipinski definition) is 5. The lowest BCUT2D eigenvalue weighted by atomic mass is 9.84. The normalized spacial score (nSPS) is 14.9. The summed E-state index contributed by atoms with van der Waals surface area (Å²) < 4.78 is 46.1. The predicted octanol–water partition coefficient (Wildman–Crippen LogP) is 5.72. The molecule has 1 fully saturated rings. The maximum absolute atomic E-state index is 13.3. The van der Waals surface area contributed by atoms with Crippen molar-refractivity contribution in [3.8, 4) is 5.75 Å². The molecule has 3 rings (SSSR count). The molecular formula is C27H34F3N3O4. The number of halogens is 3. The van der Waals surface area contributed by atoms with E-state index in [0.29, 0.717) is 31.1 Å². The van der Waals surface area contributed by atoms with Crippen molar-refractivity contribution in [3.05, 3.63) is 60.2 Å². The second-order valence-electron chi connectivity index (χ2n) is 9.26. The zero-order valence-electron chi connectivity index (χ0n) is 20.9. The van der Waals surface area contributed by atoms with Crippen LogP contribution >= 0.6 is 0 Å². The Morgan fingerprint density at radius 3 is 2.35 bits per heavy atom. The van der Waals surface area contributed by atoms with E-state index in [-0.39, 0.29) is 18.3 Å². The molecule has 0 saturated heterocycles. The molecule has 1 aliphatic rings. The van der Waals surface area contributed by atoms with Gasteiger partial charge in [-0.3, -0.25) is 4.79 Å². The van der Waals surface area contributed by atoms with Crippen molar-refractivity contribution in [2.45, 2.75) is 57.5 Å². The van der Waals surface area contributed by atoms with Gasteiger partial charge in [0.1, 0.15) is 18.4 Å². The minimum atomic E-state index is -4.74. The number of alkyl halides is 3. The Kier molecular flexibility index (Phi) is 10.5. The Morgan fingerprint density at radius 2 is 1.70 bits per heavy atom. The van der Waals surface area contributed by atoms with E-state index >= 15 is 0 Å². The number of carbonyl (C=O) groups is 2. The average molecular weight is 522 g/mol. The van der Waals surface area contributed by atoms with E-state index in [2.05, 4.69) is 15.4 Å². The molecule has 0 spiro atoms. The van der Waals surface area contributed by atoms with Crippen LogP contribution in [-0.4, -0.2) is 49.4 Å². The van der Waals surface area contributed by atoms with Crippen LogP contribution in [0.3, 0.4) is 0 Å². The lowest BCUT2D eigenvalue weighted by Crippen LogP contribution is -2.49. The number of carbonyl (C=O) groups excluding carboxylic acids is 2. The van der Waals surface area contributed by atoms with Gasteiger partial charge >= 0.3 is 12.5 Å². The van der Waals surface area contributed by atoms with Crippen LogP contribution < -0.4 is 15.4 Å². The van der Waals surface area contributed by atoms with Crippen LogP contribution in [0.2, 0.25) is 0 Å². The van der Waals surface area contributed by atoms with Gasteiger partial charge in [0.25, 0.3) is 0 Å². The summed E-state index contributed by atoms with van der Waals surface area (Å²) in [5.74, 6) is -0.153. The lowest BCUT2D eigenvalue weighted by molar-refractivity contribution is -0.274. The predicted molar refractivity (Wildman–Crippen MR) is 134 cm³/mol. The molecule has 1 atom stereocenters. The molecule has 0 unspecified atom stereocenters. The Labute approximate surface area is 215 Å². The molecule has 0 bridgehead atoms. The van der Waals surface area contributed by atoms with Gasteiger partial charge in [-0.05, 0) is 42.2 Å². The minimum absolute atomic E-state index is 0.115. The van der Waals surface area contributed by atoms with Crippen LogP contribution in [-0.2, 0) is 16.1 Å². The molecular weight excluding hydrogens is 487 g/mol. The number of anilines is 1. The number of rotatable bonds is 11. The van der Waals surface area contributed by atoms with Gasteiger partial charge in [0.2, 0.25) is 5.91 Å². The van der Waals surface area contributed by atoms with E-state index in [1.165, 1.54) is 30.7 Å². The van der Waals surface area contributed by atoms with Crippen LogP contribution in [0.15, 0.2) is 54.6 Å². The molecule has 37 heavy (non-hydrogen) atoms. The van der Waals surface area contributed by atoms with Gasteiger partial charge < -0.3 is 25.0 Å². The first kappa shape index (κ1) is 28.1. The zero-order valence-corrected chi connectivity index (χ0v) is 20.9. The van der Waals surface area contributed by atoms with Crippen molar-refractivity contribution in [3.63, 3.8) is 0 Å². The Morgan fingerprint density at radius 1 is 1.03 bits per heavy atom. The third-order valence-electron chi connectivity index (χ3n) is 6.34. The van der Waals surface area contributed by atoms with E-state index in [1.54, 1.807) is 11.9 Å². The van der Waals surface area contributed by atoms with Crippen molar-refractivity contribution in [1.29, 1.82) is 0 Å². The monoisotopic (exact) mass is 521 g/mol. The maximum Gasteiger partial charge on any atom is 0.573 e. The first-order valence-corrected chi connectivity index (χ1v) is 12.5. The van der Waals surface area contributed by atoms with Gasteiger partial charge in [0, 0.05) is 25.8 Å². The van der Waals surface area contributed by atoms with E-state index in [1.807, 2.05) is 30.3 Å². The lowest BCUT2D eigenvalue weighted by Gasteiger charge is -2.29. The summed E-state index contributed by atoms with van der Waals surface area (Å²) in [6.45, 7) is 0.821. The minimum Gasteiger partial charge on any atom is -0.445 e. The van der Waals surface area contributed by atoms with Crippen LogP contribution in [0, 0.1) is 5.92 Å². The van der Waals surface area contributed by atoms with Gasteiger partial charge in [-0.25, -0.2) is 4.79 Å². The standard InChI is InChI=1S/C27H34F3N3O4/c1-33(17-16-31-22-12-14-23(15-13-22)37-27(28,29)30)25(34)24(18-20-8-4-2-5-9-20)32-26(35)36-19-21-10-6-3-7-11-21/h3,6-7,10-15,20,24,31H,2,4-5,8-9,16-19H2,1H3,(H,32,35)/t24-/m0/s1. The highest BCUT2D eigenvalue weighted by Crippen LogP contribution is 2.28. The number of ether oxygens (including phenoxy) is 2. The van der Waals surface area contributed by atoms with Crippen molar-refractivity contribution >= 4 is 17.7 Å². The first-order valence-electron chi connectivity index (χ1n) is 12.5. The highest BCUT2D eigenvalue weighted by atomic mass is 19.4. The summed E-state index contributed by atoms with van der Waals surface area (Å²) in [4.78, 5) is 27.3. The van der Waals surface area contributed by atoms with E-state index < -0.39 is 18.5 Å². The molecule has 2 aromatic carbocycles. The van der Waals surface area contributed by atoms with Crippen molar-refractivity contribution in [2.75, 3.05) is 25.5 Å². The third-order valence-corrected chi connectivity index (χ3v) is 6.34. The third kappa shape index (κ3) is 10.2. The SMILES string of the molecule is CN(CCNc1ccc(OC(F)(F)F)cc1)C(=O)[C@H](CC1CCCCC1)NC(=O)OCc1ccccc1. The zero-order chi connectivity index (χ0) is 26.7. The van der Waals surface area contributed by atoms with Crippen molar-refractivity contribution < 1.29 is 32.2 Å².